The Balaban J connectivity index is 2.02. The molecule has 0 bridgehead atoms. The Labute approximate surface area is 126 Å². The van der Waals surface area contributed by atoms with Gasteiger partial charge in [0, 0.05) is 25.1 Å². The molecular formula is C16H27N3O2. The zero-order valence-corrected chi connectivity index (χ0v) is 13.3. The predicted octanol–water partition coefficient (Wildman–Crippen LogP) is 2.45. The Hall–Kier alpha value is -1.36. The fourth-order valence-corrected chi connectivity index (χ4v) is 2.78. The quantitative estimate of drug-likeness (QED) is 0.747. The minimum absolute atomic E-state index is 0.296. The van der Waals surface area contributed by atoms with Crippen LogP contribution in [0.2, 0.25) is 0 Å². The Morgan fingerprint density at radius 1 is 1.57 bits per heavy atom. The number of rotatable bonds is 8. The van der Waals surface area contributed by atoms with E-state index >= 15 is 0 Å². The summed E-state index contributed by atoms with van der Waals surface area (Å²) in [6.07, 6.45) is 7.76. The van der Waals surface area contributed by atoms with E-state index < -0.39 is 5.60 Å². The van der Waals surface area contributed by atoms with Crippen LogP contribution in [0.5, 0.6) is 0 Å². The van der Waals surface area contributed by atoms with Gasteiger partial charge in [-0.05, 0) is 31.2 Å². The summed E-state index contributed by atoms with van der Waals surface area (Å²) in [7, 11) is 0. The van der Waals surface area contributed by atoms with Gasteiger partial charge in [-0.15, -0.1) is 0 Å². The number of hydrogen-bond acceptors (Lipinski definition) is 4. The summed E-state index contributed by atoms with van der Waals surface area (Å²) in [5.74, 6) is 0.359. The Kier molecular flexibility index (Phi) is 4.71. The van der Waals surface area contributed by atoms with Crippen LogP contribution >= 0.6 is 0 Å². The molecule has 0 spiro atoms. The van der Waals surface area contributed by atoms with E-state index in [1.165, 1.54) is 0 Å². The number of aromatic nitrogens is 2. The van der Waals surface area contributed by atoms with Crippen molar-refractivity contribution in [3.05, 3.63) is 18.2 Å². The summed E-state index contributed by atoms with van der Waals surface area (Å²) in [6, 6.07) is 0. The summed E-state index contributed by atoms with van der Waals surface area (Å²) in [4.78, 5) is 15.3. The van der Waals surface area contributed by atoms with Crippen LogP contribution in [0.25, 0.3) is 0 Å². The fourth-order valence-electron chi connectivity index (χ4n) is 2.78. The number of hydrogen-bond donors (Lipinski definition) is 1. The lowest BCUT2D eigenvalue weighted by atomic mass is 9.92. The van der Waals surface area contributed by atoms with Crippen molar-refractivity contribution in [1.82, 2.24) is 9.55 Å². The second-order valence-corrected chi connectivity index (χ2v) is 7.24. The zero-order chi connectivity index (χ0) is 15.5. The first kappa shape index (κ1) is 16.0. The van der Waals surface area contributed by atoms with Crippen molar-refractivity contribution >= 4 is 6.47 Å². The molecule has 118 valence electrons. The molecule has 5 heteroatoms. The number of carbonyl (C=O) groups is 1. The van der Waals surface area contributed by atoms with E-state index in [0.29, 0.717) is 24.3 Å². The van der Waals surface area contributed by atoms with E-state index in [4.69, 9.17) is 10.5 Å². The van der Waals surface area contributed by atoms with Crippen LogP contribution in [0.15, 0.2) is 12.5 Å². The highest BCUT2D eigenvalue weighted by Gasteiger charge is 2.59. The van der Waals surface area contributed by atoms with Crippen LogP contribution in [0.4, 0.5) is 0 Å². The molecule has 1 heterocycles. The number of nitrogens with two attached hydrogens (primary N) is 1. The maximum Gasteiger partial charge on any atom is 0.294 e. The molecule has 2 N–H and O–H groups in total. The molecule has 0 radical (unpaired) electrons. The van der Waals surface area contributed by atoms with Gasteiger partial charge in [-0.2, -0.15) is 0 Å². The van der Waals surface area contributed by atoms with E-state index in [9.17, 15) is 4.79 Å². The van der Waals surface area contributed by atoms with Crippen molar-refractivity contribution in [1.29, 1.82) is 0 Å². The lowest BCUT2D eigenvalue weighted by Crippen LogP contribution is -2.16. The average molecular weight is 293 g/mol. The molecular weight excluding hydrogens is 266 g/mol. The van der Waals surface area contributed by atoms with E-state index in [0.717, 1.165) is 37.9 Å². The Bertz CT molecular complexity index is 478. The normalized spacial score (nSPS) is 24.9. The van der Waals surface area contributed by atoms with Gasteiger partial charge < -0.3 is 15.0 Å². The molecule has 1 aliphatic rings. The lowest BCUT2D eigenvalue weighted by Gasteiger charge is -2.18. The third-order valence-electron chi connectivity index (χ3n) is 4.25. The van der Waals surface area contributed by atoms with Crippen molar-refractivity contribution < 1.29 is 9.53 Å². The number of ether oxygens (including phenoxy) is 1. The smallest absolute Gasteiger partial charge is 0.294 e. The maximum absolute atomic E-state index is 10.8. The van der Waals surface area contributed by atoms with Gasteiger partial charge in [0.2, 0.25) is 0 Å². The molecule has 21 heavy (non-hydrogen) atoms. The standard InChI is InChI=1S/C16H27N3O2/c1-15(2,3)6-8-19-10-14(18-11-19)16(21-12-20)9-13(16)5-4-7-17/h10-13H,4-9,17H2,1-3H3. The van der Waals surface area contributed by atoms with Gasteiger partial charge in [-0.1, -0.05) is 20.8 Å². The van der Waals surface area contributed by atoms with Crippen molar-refractivity contribution in [2.45, 2.75) is 58.6 Å². The highest BCUT2D eigenvalue weighted by atomic mass is 16.5. The van der Waals surface area contributed by atoms with Gasteiger partial charge >= 0.3 is 0 Å². The van der Waals surface area contributed by atoms with Gasteiger partial charge in [-0.25, -0.2) is 4.98 Å². The van der Waals surface area contributed by atoms with Gasteiger partial charge in [0.15, 0.2) is 5.60 Å². The molecule has 2 unspecified atom stereocenters. The predicted molar refractivity (Wildman–Crippen MR) is 81.5 cm³/mol. The number of aryl methyl sites for hydroxylation is 1. The summed E-state index contributed by atoms with van der Waals surface area (Å²) in [5, 5.41) is 0. The second kappa shape index (κ2) is 6.18. The monoisotopic (exact) mass is 293 g/mol. The molecule has 1 fully saturated rings. The average Bonchev–Trinajstić information content (AvgIpc) is 2.90. The molecule has 1 aromatic rings. The lowest BCUT2D eigenvalue weighted by molar-refractivity contribution is -0.137. The van der Waals surface area contributed by atoms with Gasteiger partial charge in [0.25, 0.3) is 6.47 Å². The first-order chi connectivity index (χ1) is 9.91. The van der Waals surface area contributed by atoms with Gasteiger partial charge in [0.05, 0.1) is 6.33 Å². The molecule has 2 rings (SSSR count). The van der Waals surface area contributed by atoms with E-state index in [-0.39, 0.29) is 0 Å². The number of nitrogens with zero attached hydrogens (tertiary/aromatic N) is 2. The van der Waals surface area contributed by atoms with E-state index in [1.807, 2.05) is 12.5 Å². The van der Waals surface area contributed by atoms with Crippen LogP contribution in [-0.2, 0) is 21.7 Å². The molecule has 0 amide bonds. The molecule has 1 aliphatic carbocycles. The van der Waals surface area contributed by atoms with Crippen LogP contribution in [-0.4, -0.2) is 22.6 Å². The molecule has 0 aliphatic heterocycles. The van der Waals surface area contributed by atoms with E-state index in [1.54, 1.807) is 0 Å². The van der Waals surface area contributed by atoms with Gasteiger partial charge in [0.1, 0.15) is 5.69 Å². The molecule has 2 atom stereocenters. The second-order valence-electron chi connectivity index (χ2n) is 7.24. The van der Waals surface area contributed by atoms with Gasteiger partial charge in [-0.3, -0.25) is 4.79 Å². The first-order valence-electron chi connectivity index (χ1n) is 7.75. The van der Waals surface area contributed by atoms with Crippen LogP contribution in [0.1, 0.15) is 52.1 Å². The maximum atomic E-state index is 10.8. The third-order valence-corrected chi connectivity index (χ3v) is 4.25. The molecule has 0 saturated heterocycles. The van der Waals surface area contributed by atoms with E-state index in [2.05, 4.69) is 30.3 Å². The number of carbonyl (C=O) groups excluding carboxylic acids is 1. The van der Waals surface area contributed by atoms with Crippen LogP contribution in [0, 0.1) is 11.3 Å². The van der Waals surface area contributed by atoms with Crippen molar-refractivity contribution in [3.8, 4) is 0 Å². The zero-order valence-electron chi connectivity index (χ0n) is 13.3. The summed E-state index contributed by atoms with van der Waals surface area (Å²) >= 11 is 0. The third kappa shape index (κ3) is 3.84. The highest BCUT2D eigenvalue weighted by molar-refractivity contribution is 5.42. The largest absolute Gasteiger partial charge is 0.454 e. The van der Waals surface area contributed by atoms with Crippen molar-refractivity contribution in [2.75, 3.05) is 6.54 Å². The summed E-state index contributed by atoms with van der Waals surface area (Å²) in [6.45, 7) is 8.84. The van der Waals surface area contributed by atoms with Crippen molar-refractivity contribution in [3.63, 3.8) is 0 Å². The highest BCUT2D eigenvalue weighted by Crippen LogP contribution is 2.56. The summed E-state index contributed by atoms with van der Waals surface area (Å²) in [5.41, 5.74) is 6.24. The molecule has 5 nitrogen and oxygen atoms in total. The Morgan fingerprint density at radius 3 is 2.95 bits per heavy atom. The van der Waals surface area contributed by atoms with Crippen LogP contribution < -0.4 is 5.73 Å². The summed E-state index contributed by atoms with van der Waals surface area (Å²) < 4.78 is 7.49. The topological polar surface area (TPSA) is 70.1 Å². The molecule has 1 aromatic heterocycles. The number of imidazole rings is 1. The minimum Gasteiger partial charge on any atom is -0.454 e. The first-order valence-corrected chi connectivity index (χ1v) is 7.75. The molecule has 1 saturated carbocycles. The Morgan fingerprint density at radius 2 is 2.33 bits per heavy atom. The van der Waals surface area contributed by atoms with Crippen molar-refractivity contribution in [2.24, 2.45) is 17.1 Å². The minimum atomic E-state index is -0.496. The fraction of sp³-hybridized carbons (Fsp3) is 0.750. The SMILES string of the molecule is CC(C)(C)CCn1cnc(C2(OC=O)CC2CCCN)c1. The molecule has 0 aromatic carbocycles. The van der Waals surface area contributed by atoms with Crippen LogP contribution in [0.3, 0.4) is 0 Å².